The van der Waals surface area contributed by atoms with Crippen molar-refractivity contribution in [2.24, 2.45) is 0 Å². The Morgan fingerprint density at radius 2 is 1.57 bits per heavy atom. The fourth-order valence-electron chi connectivity index (χ4n) is 4.37. The summed E-state index contributed by atoms with van der Waals surface area (Å²) >= 11 is 6.96. The highest BCUT2D eigenvalue weighted by Gasteiger charge is 2.31. The van der Waals surface area contributed by atoms with Gasteiger partial charge in [-0.1, -0.05) is 41.9 Å². The largest absolute Gasteiger partial charge is 0.491 e. The highest BCUT2D eigenvalue weighted by molar-refractivity contribution is 6.36. The van der Waals surface area contributed by atoms with Gasteiger partial charge in [-0.25, -0.2) is 4.79 Å². The molecule has 0 radical (unpaired) electrons. The summed E-state index contributed by atoms with van der Waals surface area (Å²) in [4.78, 5) is 29.6. The number of fused-ring (bicyclic) bond motifs is 1. The molecule has 9 heteroatoms. The van der Waals surface area contributed by atoms with Gasteiger partial charge in [0.15, 0.2) is 0 Å². The van der Waals surface area contributed by atoms with Crippen molar-refractivity contribution in [3.05, 3.63) is 59.2 Å². The molecule has 8 nitrogen and oxygen atoms in total. The van der Waals surface area contributed by atoms with Crippen molar-refractivity contribution in [1.82, 2.24) is 14.4 Å². The van der Waals surface area contributed by atoms with Crippen LogP contribution in [0, 0.1) is 0 Å². The predicted molar refractivity (Wildman–Crippen MR) is 144 cm³/mol. The number of ether oxygens (including phenoxy) is 3. The Bertz CT molecular complexity index is 1260. The van der Waals surface area contributed by atoms with Crippen molar-refractivity contribution in [1.29, 1.82) is 0 Å². The quantitative estimate of drug-likeness (QED) is 0.385. The van der Waals surface area contributed by atoms with Crippen LogP contribution in [0.4, 0.5) is 4.79 Å². The lowest BCUT2D eigenvalue weighted by molar-refractivity contribution is 0.0141. The second kappa shape index (κ2) is 11.4. The zero-order valence-electron chi connectivity index (χ0n) is 21.8. The molecule has 2 heterocycles. The van der Waals surface area contributed by atoms with Crippen LogP contribution in [-0.2, 0) is 9.47 Å². The molecular formula is C28H34ClN3O5. The van der Waals surface area contributed by atoms with E-state index in [1.807, 2.05) is 73.9 Å². The van der Waals surface area contributed by atoms with Gasteiger partial charge < -0.3 is 24.0 Å². The fraction of sp³-hybridized carbons (Fsp3) is 0.429. The molecule has 0 atom stereocenters. The third-order valence-electron chi connectivity index (χ3n) is 6.11. The van der Waals surface area contributed by atoms with E-state index in [-0.39, 0.29) is 12.0 Å². The Kier molecular flexibility index (Phi) is 8.29. The molecule has 0 unspecified atom stereocenters. The van der Waals surface area contributed by atoms with Crippen molar-refractivity contribution in [3.63, 3.8) is 0 Å². The number of hydrogen-bond donors (Lipinski definition) is 0. The van der Waals surface area contributed by atoms with Crippen LogP contribution < -0.4 is 4.74 Å². The summed E-state index contributed by atoms with van der Waals surface area (Å²) in [6, 6.07) is 15.3. The molecule has 198 valence electrons. The minimum absolute atomic E-state index is 0.165. The molecule has 0 N–H and O–H groups in total. The third kappa shape index (κ3) is 6.02. The summed E-state index contributed by atoms with van der Waals surface area (Å²) in [5, 5.41) is 1.09. The highest BCUT2D eigenvalue weighted by Crippen LogP contribution is 2.37. The predicted octanol–water partition coefficient (Wildman–Crippen LogP) is 5.39. The van der Waals surface area contributed by atoms with Gasteiger partial charge in [-0.2, -0.15) is 0 Å². The first kappa shape index (κ1) is 26.8. The van der Waals surface area contributed by atoms with Gasteiger partial charge in [0.1, 0.15) is 16.5 Å². The van der Waals surface area contributed by atoms with Gasteiger partial charge >= 0.3 is 6.09 Å². The van der Waals surface area contributed by atoms with Crippen LogP contribution in [0.2, 0.25) is 5.15 Å². The smallest absolute Gasteiger partial charge is 0.410 e. The number of halogens is 1. The molecule has 3 aromatic rings. The van der Waals surface area contributed by atoms with E-state index in [2.05, 4.69) is 0 Å². The molecule has 1 saturated heterocycles. The van der Waals surface area contributed by atoms with Gasteiger partial charge in [-0.05, 0) is 39.0 Å². The van der Waals surface area contributed by atoms with E-state index in [4.69, 9.17) is 25.8 Å². The van der Waals surface area contributed by atoms with Crippen molar-refractivity contribution < 1.29 is 23.8 Å². The van der Waals surface area contributed by atoms with Gasteiger partial charge in [0.25, 0.3) is 5.91 Å². The molecule has 0 bridgehead atoms. The first-order valence-corrected chi connectivity index (χ1v) is 12.9. The van der Waals surface area contributed by atoms with E-state index in [0.717, 1.165) is 23.0 Å². The van der Waals surface area contributed by atoms with Crippen LogP contribution >= 0.6 is 11.6 Å². The van der Waals surface area contributed by atoms with E-state index >= 15 is 0 Å². The van der Waals surface area contributed by atoms with Crippen molar-refractivity contribution in [2.75, 3.05) is 46.5 Å². The molecule has 1 aromatic heterocycles. The standard InChI is InChI=1S/C28H34ClN3O5/c1-28(2,3)37-27(34)31-16-14-30(15-17-31)26(33)24-20-10-5-6-11-21(20)32(25(24)29)22-12-7-8-13-23(22)36-19-9-18-35-4/h5-8,10-13H,9,14-19H2,1-4H3. The van der Waals surface area contributed by atoms with Gasteiger partial charge in [0.2, 0.25) is 0 Å². The maximum atomic E-state index is 13.8. The molecule has 0 saturated carbocycles. The van der Waals surface area contributed by atoms with E-state index in [1.54, 1.807) is 16.9 Å². The topological polar surface area (TPSA) is 73.2 Å². The van der Waals surface area contributed by atoms with Crippen LogP contribution in [-0.4, -0.2) is 78.5 Å². The molecule has 2 amide bonds. The minimum Gasteiger partial charge on any atom is -0.491 e. The Hall–Kier alpha value is -3.23. The summed E-state index contributed by atoms with van der Waals surface area (Å²) in [6.45, 7) is 8.21. The van der Waals surface area contributed by atoms with E-state index < -0.39 is 5.60 Å². The second-order valence-electron chi connectivity index (χ2n) is 9.94. The SMILES string of the molecule is COCCCOc1ccccc1-n1c(Cl)c(C(=O)N2CCN(C(=O)OC(C)(C)C)CC2)c2ccccc21. The van der Waals surface area contributed by atoms with Crippen LogP contribution in [0.1, 0.15) is 37.6 Å². The van der Waals surface area contributed by atoms with E-state index in [0.29, 0.717) is 55.9 Å². The normalized spacial score (nSPS) is 14.2. The number of methoxy groups -OCH3 is 1. The van der Waals surface area contributed by atoms with Crippen molar-refractivity contribution in [3.8, 4) is 11.4 Å². The summed E-state index contributed by atoms with van der Waals surface area (Å²) in [7, 11) is 1.66. The zero-order chi connectivity index (χ0) is 26.6. The average molecular weight is 528 g/mol. The van der Waals surface area contributed by atoms with E-state index in [9.17, 15) is 9.59 Å². The van der Waals surface area contributed by atoms with Crippen molar-refractivity contribution >= 4 is 34.5 Å². The Labute approximate surface area is 222 Å². The molecule has 0 spiro atoms. The second-order valence-corrected chi connectivity index (χ2v) is 10.3. The maximum absolute atomic E-state index is 13.8. The number of aromatic nitrogens is 1. The molecule has 2 aromatic carbocycles. The minimum atomic E-state index is -0.566. The van der Waals surface area contributed by atoms with Crippen LogP contribution in [0.5, 0.6) is 5.75 Å². The third-order valence-corrected chi connectivity index (χ3v) is 6.46. The van der Waals surface area contributed by atoms with Crippen LogP contribution in [0.3, 0.4) is 0 Å². The van der Waals surface area contributed by atoms with Crippen LogP contribution in [0.25, 0.3) is 16.6 Å². The Morgan fingerprint density at radius 1 is 0.919 bits per heavy atom. The Morgan fingerprint density at radius 3 is 2.27 bits per heavy atom. The van der Waals surface area contributed by atoms with Gasteiger partial charge in [0.05, 0.1) is 23.4 Å². The van der Waals surface area contributed by atoms with Gasteiger partial charge in [-0.15, -0.1) is 0 Å². The van der Waals surface area contributed by atoms with Gasteiger partial charge in [0, 0.05) is 51.7 Å². The van der Waals surface area contributed by atoms with E-state index in [1.165, 1.54) is 0 Å². The summed E-state index contributed by atoms with van der Waals surface area (Å²) in [5.74, 6) is 0.508. The summed E-state index contributed by atoms with van der Waals surface area (Å²) < 4.78 is 18.5. The maximum Gasteiger partial charge on any atom is 0.410 e. The first-order chi connectivity index (χ1) is 17.7. The highest BCUT2D eigenvalue weighted by atomic mass is 35.5. The number of carbonyl (C=O) groups is 2. The molecular weight excluding hydrogens is 494 g/mol. The fourth-order valence-corrected chi connectivity index (χ4v) is 4.74. The van der Waals surface area contributed by atoms with Crippen molar-refractivity contribution in [2.45, 2.75) is 32.8 Å². The Balaban J connectivity index is 1.61. The zero-order valence-corrected chi connectivity index (χ0v) is 22.6. The molecule has 1 fully saturated rings. The average Bonchev–Trinajstić information content (AvgIpc) is 3.17. The number of para-hydroxylation sites is 3. The van der Waals surface area contributed by atoms with Gasteiger partial charge in [-0.3, -0.25) is 9.36 Å². The summed E-state index contributed by atoms with van der Waals surface area (Å²) in [5.41, 5.74) is 1.45. The molecule has 4 rings (SSSR count). The first-order valence-electron chi connectivity index (χ1n) is 12.5. The monoisotopic (exact) mass is 527 g/mol. The molecule has 1 aliphatic heterocycles. The number of benzene rings is 2. The number of amides is 2. The molecule has 0 aliphatic carbocycles. The molecule has 1 aliphatic rings. The number of carbonyl (C=O) groups excluding carboxylic acids is 2. The molecule has 37 heavy (non-hydrogen) atoms. The number of hydrogen-bond acceptors (Lipinski definition) is 5. The lowest BCUT2D eigenvalue weighted by Crippen LogP contribution is -2.51. The lowest BCUT2D eigenvalue weighted by atomic mass is 10.1. The van der Waals surface area contributed by atoms with Crippen LogP contribution in [0.15, 0.2) is 48.5 Å². The number of rotatable bonds is 7. The number of nitrogens with zero attached hydrogens (tertiary/aromatic N) is 3. The number of piperazine rings is 1. The summed E-state index contributed by atoms with van der Waals surface area (Å²) in [6.07, 6.45) is 0.389. The lowest BCUT2D eigenvalue weighted by Gasteiger charge is -2.35.